The van der Waals surface area contributed by atoms with Crippen LogP contribution >= 0.6 is 0 Å². The number of anilines is 3. The van der Waals surface area contributed by atoms with Crippen molar-refractivity contribution in [2.75, 3.05) is 42.9 Å². The number of carbonyl (C=O) groups excluding carboxylic acids is 2. The quantitative estimate of drug-likeness (QED) is 0.206. The van der Waals surface area contributed by atoms with Gasteiger partial charge in [-0.3, -0.25) is 24.8 Å². The van der Waals surface area contributed by atoms with Crippen molar-refractivity contribution in [1.82, 2.24) is 39.6 Å². The first-order chi connectivity index (χ1) is 24.1. The Hall–Kier alpha value is -5.34. The molecule has 2 aliphatic heterocycles. The maximum atomic E-state index is 15.1. The van der Waals surface area contributed by atoms with Crippen LogP contribution in [-0.4, -0.2) is 79.0 Å². The van der Waals surface area contributed by atoms with Gasteiger partial charge in [-0.1, -0.05) is 18.2 Å². The van der Waals surface area contributed by atoms with Gasteiger partial charge in [-0.05, 0) is 62.2 Å². The Morgan fingerprint density at radius 3 is 2.32 bits per heavy atom. The Morgan fingerprint density at radius 2 is 1.62 bits per heavy atom. The molecular weight excluding hydrogens is 642 g/mol. The number of fused-ring (bicyclic) bond motifs is 1. The second kappa shape index (κ2) is 13.9. The molecule has 5 aromatic rings. The van der Waals surface area contributed by atoms with Crippen LogP contribution in [0.25, 0.3) is 22.3 Å². The van der Waals surface area contributed by atoms with Crippen LogP contribution in [0, 0.1) is 18.6 Å². The fourth-order valence-corrected chi connectivity index (χ4v) is 6.65. The van der Waals surface area contributed by atoms with Crippen molar-refractivity contribution in [3.63, 3.8) is 0 Å². The van der Waals surface area contributed by atoms with Gasteiger partial charge >= 0.3 is 6.03 Å². The lowest BCUT2D eigenvalue weighted by Crippen LogP contribution is -2.49. The highest BCUT2D eigenvalue weighted by molar-refractivity contribution is 6.05. The molecule has 12 nitrogen and oxygen atoms in total. The third-order valence-electron chi connectivity index (χ3n) is 9.08. The van der Waals surface area contributed by atoms with Gasteiger partial charge in [-0.15, -0.1) is 0 Å². The highest BCUT2D eigenvalue weighted by atomic mass is 19.1. The fourth-order valence-electron chi connectivity index (χ4n) is 6.65. The predicted molar refractivity (Wildman–Crippen MR) is 186 cm³/mol. The van der Waals surface area contributed by atoms with Crippen LogP contribution in [0.5, 0.6) is 0 Å². The summed E-state index contributed by atoms with van der Waals surface area (Å²) in [5.41, 5.74) is 4.06. The molecule has 0 bridgehead atoms. The minimum absolute atomic E-state index is 0.0204. The van der Waals surface area contributed by atoms with Crippen molar-refractivity contribution >= 4 is 40.4 Å². The summed E-state index contributed by atoms with van der Waals surface area (Å²) < 4.78 is 32.0. The number of nitrogens with zero attached hydrogens (tertiary/aromatic N) is 8. The molecule has 5 heterocycles. The van der Waals surface area contributed by atoms with E-state index in [9.17, 15) is 14.0 Å². The molecule has 0 unspecified atom stereocenters. The molecule has 3 amide bonds. The Balaban J connectivity index is 0.949. The van der Waals surface area contributed by atoms with Crippen LogP contribution in [0.4, 0.5) is 31.0 Å². The largest absolute Gasteiger partial charge is 0.328 e. The van der Waals surface area contributed by atoms with Gasteiger partial charge in [0.05, 0.1) is 11.7 Å². The van der Waals surface area contributed by atoms with E-state index in [1.807, 2.05) is 55.7 Å². The Labute approximate surface area is 288 Å². The van der Waals surface area contributed by atoms with Crippen LogP contribution in [0.3, 0.4) is 0 Å². The van der Waals surface area contributed by atoms with Crippen LogP contribution < -0.4 is 15.5 Å². The molecule has 0 atom stereocenters. The van der Waals surface area contributed by atoms with E-state index in [1.165, 1.54) is 6.07 Å². The van der Waals surface area contributed by atoms with Crippen LogP contribution in [0.15, 0.2) is 60.9 Å². The molecule has 2 fully saturated rings. The van der Waals surface area contributed by atoms with Crippen molar-refractivity contribution < 1.29 is 18.4 Å². The molecule has 0 spiro atoms. The summed E-state index contributed by atoms with van der Waals surface area (Å²) in [6, 6.07) is 14.4. The van der Waals surface area contributed by atoms with E-state index in [0.29, 0.717) is 35.7 Å². The van der Waals surface area contributed by atoms with E-state index in [2.05, 4.69) is 46.4 Å². The fraction of sp³-hybridized carbons (Fsp3) is 0.333. The number of hydrogen-bond acceptors (Lipinski definition) is 9. The summed E-state index contributed by atoms with van der Waals surface area (Å²) in [7, 11) is 0. The maximum absolute atomic E-state index is 15.1. The summed E-state index contributed by atoms with van der Waals surface area (Å²) in [4.78, 5) is 47.5. The van der Waals surface area contributed by atoms with Crippen molar-refractivity contribution in [3.05, 3.63) is 89.5 Å². The molecule has 50 heavy (non-hydrogen) atoms. The highest BCUT2D eigenvalue weighted by Crippen LogP contribution is 2.30. The minimum atomic E-state index is -0.663. The van der Waals surface area contributed by atoms with Crippen LogP contribution in [-0.2, 0) is 17.9 Å². The number of benzene rings is 2. The summed E-state index contributed by atoms with van der Waals surface area (Å²) in [6.45, 7) is 11.3. The Kier molecular flexibility index (Phi) is 9.21. The standard InChI is InChI=1S/C36H38F2N10O2/c1-22(2)48-23(3)41-34-28(37)16-26(17-30(34)48)33-29(38)19-40-35(44-33)42-31-8-7-25(18-39-31)21-46-13-11-45(12-14-46)20-24-5-4-6-27(15-24)47-10-9-32(49)43-36(47)50/h4-8,15-19,22H,9-14,20-21H2,1-3H3,(H,43,49,50)(H,39,40,42,44). The SMILES string of the molecule is Cc1nc2c(F)cc(-c3nc(Nc4ccc(CN5CCN(Cc6cccc(N7CCC(=O)NC7=O)c6)CC5)cn4)ncc3F)cc2n1C(C)C. The van der Waals surface area contributed by atoms with Gasteiger partial charge in [-0.2, -0.15) is 0 Å². The molecule has 0 saturated carbocycles. The molecule has 7 rings (SSSR count). The normalized spacial score (nSPS) is 16.0. The number of aromatic nitrogens is 5. The first kappa shape index (κ1) is 33.2. The number of rotatable bonds is 9. The van der Waals surface area contributed by atoms with Crippen molar-refractivity contribution in [1.29, 1.82) is 0 Å². The number of urea groups is 1. The van der Waals surface area contributed by atoms with E-state index < -0.39 is 11.6 Å². The molecule has 0 radical (unpaired) electrons. The summed E-state index contributed by atoms with van der Waals surface area (Å²) in [5.74, 6) is -0.120. The monoisotopic (exact) mass is 680 g/mol. The van der Waals surface area contributed by atoms with E-state index in [1.54, 1.807) is 17.2 Å². The zero-order valence-electron chi connectivity index (χ0n) is 28.2. The second-order valence-corrected chi connectivity index (χ2v) is 13.0. The van der Waals surface area contributed by atoms with Crippen LogP contribution in [0.1, 0.15) is 43.3 Å². The summed E-state index contributed by atoms with van der Waals surface area (Å²) in [6.07, 6.45) is 3.16. The number of hydrogen-bond donors (Lipinski definition) is 2. The zero-order valence-corrected chi connectivity index (χ0v) is 28.2. The topological polar surface area (TPSA) is 124 Å². The van der Waals surface area contributed by atoms with E-state index in [-0.39, 0.29) is 35.1 Å². The van der Waals surface area contributed by atoms with Crippen molar-refractivity contribution in [2.45, 2.75) is 46.3 Å². The summed E-state index contributed by atoms with van der Waals surface area (Å²) in [5, 5.41) is 5.42. The van der Waals surface area contributed by atoms with Gasteiger partial charge in [-0.25, -0.2) is 33.5 Å². The lowest BCUT2D eigenvalue weighted by atomic mass is 10.1. The number of amides is 3. The molecule has 2 saturated heterocycles. The van der Waals surface area contributed by atoms with Crippen LogP contribution in [0.2, 0.25) is 0 Å². The van der Waals surface area contributed by atoms with Gasteiger partial charge in [0.2, 0.25) is 11.9 Å². The molecule has 3 aromatic heterocycles. The first-order valence-electron chi connectivity index (χ1n) is 16.7. The number of aryl methyl sites for hydroxylation is 1. The Morgan fingerprint density at radius 1 is 0.860 bits per heavy atom. The van der Waals surface area contributed by atoms with E-state index >= 15 is 4.39 Å². The third-order valence-corrected chi connectivity index (χ3v) is 9.08. The smallest absolute Gasteiger partial charge is 0.326 e. The number of piperazine rings is 1. The molecule has 258 valence electrons. The van der Waals surface area contributed by atoms with E-state index in [0.717, 1.165) is 62.3 Å². The molecule has 2 aromatic carbocycles. The van der Waals surface area contributed by atoms with Gasteiger partial charge in [0, 0.05) is 75.7 Å². The number of imidazole rings is 1. The number of nitrogens with one attached hydrogen (secondary N) is 2. The average Bonchev–Trinajstić information content (AvgIpc) is 3.44. The molecule has 0 aliphatic carbocycles. The van der Waals surface area contributed by atoms with Gasteiger partial charge in [0.25, 0.3) is 0 Å². The van der Waals surface area contributed by atoms with Gasteiger partial charge < -0.3 is 9.88 Å². The van der Waals surface area contributed by atoms with E-state index in [4.69, 9.17) is 0 Å². The molecule has 14 heteroatoms. The number of carbonyl (C=O) groups is 2. The van der Waals surface area contributed by atoms with Crippen molar-refractivity contribution in [2.24, 2.45) is 0 Å². The molecule has 2 N–H and O–H groups in total. The Bertz CT molecular complexity index is 2060. The van der Waals surface area contributed by atoms with Gasteiger partial charge in [0.1, 0.15) is 22.9 Å². The average molecular weight is 681 g/mol. The number of imide groups is 1. The molecular formula is C36H38F2N10O2. The number of halogens is 2. The number of pyridine rings is 1. The second-order valence-electron chi connectivity index (χ2n) is 13.0. The maximum Gasteiger partial charge on any atom is 0.328 e. The lowest BCUT2D eigenvalue weighted by molar-refractivity contribution is -0.120. The highest BCUT2D eigenvalue weighted by Gasteiger charge is 2.25. The van der Waals surface area contributed by atoms with Crippen molar-refractivity contribution in [3.8, 4) is 11.3 Å². The summed E-state index contributed by atoms with van der Waals surface area (Å²) >= 11 is 0. The zero-order chi connectivity index (χ0) is 34.9. The van der Waals surface area contributed by atoms with Gasteiger partial charge in [0.15, 0.2) is 11.6 Å². The molecule has 2 aliphatic rings. The minimum Gasteiger partial charge on any atom is -0.326 e. The predicted octanol–water partition coefficient (Wildman–Crippen LogP) is 5.56. The third kappa shape index (κ3) is 7.03. The lowest BCUT2D eigenvalue weighted by Gasteiger charge is -2.35. The first-order valence-corrected chi connectivity index (χ1v) is 16.7.